The summed E-state index contributed by atoms with van der Waals surface area (Å²) in [6.07, 6.45) is 0. The molecule has 1 nitrogen and oxygen atoms in total. The summed E-state index contributed by atoms with van der Waals surface area (Å²) < 4.78 is 0. The molecule has 1 aromatic carbocycles. The van der Waals surface area contributed by atoms with E-state index < -0.39 is 0 Å². The van der Waals surface area contributed by atoms with Crippen LogP contribution in [-0.2, 0) is 0 Å². The van der Waals surface area contributed by atoms with Crippen molar-refractivity contribution in [2.45, 2.75) is 46.7 Å². The highest BCUT2D eigenvalue weighted by Crippen LogP contribution is 2.21. The molecular formula is C13H21N. The first kappa shape index (κ1) is 11.3. The minimum Gasteiger partial charge on any atom is -0.308 e. The van der Waals surface area contributed by atoms with Gasteiger partial charge < -0.3 is 5.32 Å². The third-order valence-corrected chi connectivity index (χ3v) is 2.56. The fourth-order valence-electron chi connectivity index (χ4n) is 2.09. The van der Waals surface area contributed by atoms with Gasteiger partial charge in [-0.25, -0.2) is 0 Å². The highest BCUT2D eigenvalue weighted by Gasteiger charge is 2.11. The van der Waals surface area contributed by atoms with Gasteiger partial charge in [-0.15, -0.1) is 0 Å². The Morgan fingerprint density at radius 1 is 1.00 bits per heavy atom. The molecule has 0 aliphatic carbocycles. The molecule has 78 valence electrons. The van der Waals surface area contributed by atoms with E-state index in [9.17, 15) is 0 Å². The molecule has 1 atom stereocenters. The van der Waals surface area contributed by atoms with E-state index in [1.54, 1.807) is 0 Å². The van der Waals surface area contributed by atoms with Gasteiger partial charge in [0.2, 0.25) is 0 Å². The van der Waals surface area contributed by atoms with Gasteiger partial charge in [0.1, 0.15) is 0 Å². The first-order valence-electron chi connectivity index (χ1n) is 5.34. The summed E-state index contributed by atoms with van der Waals surface area (Å²) >= 11 is 0. The molecule has 0 spiro atoms. The van der Waals surface area contributed by atoms with Crippen LogP contribution < -0.4 is 5.32 Å². The summed E-state index contributed by atoms with van der Waals surface area (Å²) in [5, 5.41) is 3.54. The van der Waals surface area contributed by atoms with Gasteiger partial charge in [-0.3, -0.25) is 0 Å². The maximum absolute atomic E-state index is 3.54. The highest BCUT2D eigenvalue weighted by molar-refractivity contribution is 5.35. The molecule has 0 saturated carbocycles. The lowest BCUT2D eigenvalue weighted by atomic mass is 9.97. The van der Waals surface area contributed by atoms with Gasteiger partial charge >= 0.3 is 0 Å². The van der Waals surface area contributed by atoms with Crippen molar-refractivity contribution in [2.75, 3.05) is 0 Å². The second-order valence-corrected chi connectivity index (χ2v) is 4.35. The summed E-state index contributed by atoms with van der Waals surface area (Å²) in [4.78, 5) is 0. The van der Waals surface area contributed by atoms with E-state index in [2.05, 4.69) is 58.1 Å². The lowest BCUT2D eigenvalue weighted by Crippen LogP contribution is -2.27. The van der Waals surface area contributed by atoms with Crippen LogP contribution in [0.5, 0.6) is 0 Å². The molecule has 0 bridgehead atoms. The number of rotatable bonds is 3. The van der Waals surface area contributed by atoms with Crippen LogP contribution in [0.3, 0.4) is 0 Å². The quantitative estimate of drug-likeness (QED) is 0.772. The van der Waals surface area contributed by atoms with E-state index >= 15 is 0 Å². The van der Waals surface area contributed by atoms with E-state index in [1.807, 2.05) is 0 Å². The predicted molar refractivity (Wildman–Crippen MR) is 62.6 cm³/mol. The number of aryl methyl sites for hydroxylation is 2. The van der Waals surface area contributed by atoms with Gasteiger partial charge in [-0.1, -0.05) is 32.0 Å². The van der Waals surface area contributed by atoms with Crippen molar-refractivity contribution in [1.82, 2.24) is 5.32 Å². The SMILES string of the molecule is Cc1cccc(C)c1C(C)NC(C)C. The molecule has 0 aliphatic rings. The Labute approximate surface area is 87.5 Å². The Morgan fingerprint density at radius 2 is 1.50 bits per heavy atom. The maximum atomic E-state index is 3.54. The van der Waals surface area contributed by atoms with Crippen molar-refractivity contribution < 1.29 is 0 Å². The standard InChI is InChI=1S/C13H21N/c1-9(2)14-12(5)13-10(3)7-6-8-11(13)4/h6-9,12,14H,1-5H3. The van der Waals surface area contributed by atoms with Gasteiger partial charge in [0.05, 0.1) is 0 Å². The summed E-state index contributed by atoms with van der Waals surface area (Å²) in [7, 11) is 0. The lowest BCUT2D eigenvalue weighted by molar-refractivity contribution is 0.503. The molecule has 0 heterocycles. The van der Waals surface area contributed by atoms with Gasteiger partial charge in [-0.05, 0) is 37.5 Å². The lowest BCUT2D eigenvalue weighted by Gasteiger charge is -2.21. The first-order valence-corrected chi connectivity index (χ1v) is 5.34. The molecule has 1 N–H and O–H groups in total. The molecule has 1 heteroatoms. The van der Waals surface area contributed by atoms with Crippen LogP contribution in [0, 0.1) is 13.8 Å². The van der Waals surface area contributed by atoms with E-state index in [4.69, 9.17) is 0 Å². The number of nitrogens with one attached hydrogen (secondary N) is 1. The topological polar surface area (TPSA) is 12.0 Å². The third kappa shape index (κ3) is 2.58. The van der Waals surface area contributed by atoms with Gasteiger partial charge in [0.25, 0.3) is 0 Å². The minimum absolute atomic E-state index is 0.441. The van der Waals surface area contributed by atoms with Crippen LogP contribution in [-0.4, -0.2) is 6.04 Å². The normalized spacial score (nSPS) is 13.3. The van der Waals surface area contributed by atoms with Crippen molar-refractivity contribution in [3.8, 4) is 0 Å². The molecule has 14 heavy (non-hydrogen) atoms. The molecule has 0 aromatic heterocycles. The Hall–Kier alpha value is -0.820. The zero-order valence-electron chi connectivity index (χ0n) is 9.89. The van der Waals surface area contributed by atoms with Crippen LogP contribution in [0.25, 0.3) is 0 Å². The van der Waals surface area contributed by atoms with E-state index in [0.717, 1.165) is 0 Å². The van der Waals surface area contributed by atoms with Gasteiger partial charge in [0, 0.05) is 12.1 Å². The van der Waals surface area contributed by atoms with Crippen molar-refractivity contribution in [1.29, 1.82) is 0 Å². The summed E-state index contributed by atoms with van der Waals surface area (Å²) in [5.74, 6) is 0. The van der Waals surface area contributed by atoms with E-state index in [1.165, 1.54) is 16.7 Å². The summed E-state index contributed by atoms with van der Waals surface area (Å²) in [6, 6.07) is 7.46. The smallest absolute Gasteiger partial charge is 0.0299 e. The minimum atomic E-state index is 0.441. The average molecular weight is 191 g/mol. The van der Waals surface area contributed by atoms with Crippen LogP contribution in [0.4, 0.5) is 0 Å². The van der Waals surface area contributed by atoms with Crippen LogP contribution in [0.2, 0.25) is 0 Å². The first-order chi connectivity index (χ1) is 6.52. The number of hydrogen-bond donors (Lipinski definition) is 1. The molecule has 0 amide bonds. The third-order valence-electron chi connectivity index (χ3n) is 2.56. The summed E-state index contributed by atoms with van der Waals surface area (Å²) in [6.45, 7) is 11.0. The molecule has 1 unspecified atom stereocenters. The fourth-order valence-corrected chi connectivity index (χ4v) is 2.09. The van der Waals surface area contributed by atoms with Gasteiger partial charge in [-0.2, -0.15) is 0 Å². The zero-order chi connectivity index (χ0) is 10.7. The van der Waals surface area contributed by atoms with E-state index in [0.29, 0.717) is 12.1 Å². The van der Waals surface area contributed by atoms with Crippen LogP contribution in [0.1, 0.15) is 43.5 Å². The number of hydrogen-bond acceptors (Lipinski definition) is 1. The Kier molecular flexibility index (Phi) is 3.70. The molecule has 0 fully saturated rings. The molecule has 0 radical (unpaired) electrons. The zero-order valence-corrected chi connectivity index (χ0v) is 9.89. The van der Waals surface area contributed by atoms with Crippen molar-refractivity contribution in [3.05, 3.63) is 34.9 Å². The maximum Gasteiger partial charge on any atom is 0.0299 e. The van der Waals surface area contributed by atoms with Crippen LogP contribution >= 0.6 is 0 Å². The molecule has 1 rings (SSSR count). The molecule has 0 saturated heterocycles. The van der Waals surface area contributed by atoms with Crippen molar-refractivity contribution in [3.63, 3.8) is 0 Å². The molecule has 1 aromatic rings. The van der Waals surface area contributed by atoms with Gasteiger partial charge in [0.15, 0.2) is 0 Å². The molecule has 0 aliphatic heterocycles. The summed E-state index contributed by atoms with van der Waals surface area (Å²) in [5.41, 5.74) is 4.21. The fraction of sp³-hybridized carbons (Fsp3) is 0.538. The highest BCUT2D eigenvalue weighted by atomic mass is 14.9. The Bertz CT molecular complexity index is 282. The molecular weight excluding hydrogens is 170 g/mol. The second-order valence-electron chi connectivity index (χ2n) is 4.35. The van der Waals surface area contributed by atoms with Crippen LogP contribution in [0.15, 0.2) is 18.2 Å². The van der Waals surface area contributed by atoms with Crippen molar-refractivity contribution >= 4 is 0 Å². The Balaban J connectivity index is 2.94. The Morgan fingerprint density at radius 3 is 1.93 bits per heavy atom. The monoisotopic (exact) mass is 191 g/mol. The van der Waals surface area contributed by atoms with Crippen molar-refractivity contribution in [2.24, 2.45) is 0 Å². The van der Waals surface area contributed by atoms with E-state index in [-0.39, 0.29) is 0 Å². The largest absolute Gasteiger partial charge is 0.308 e. The predicted octanol–water partition coefficient (Wildman–Crippen LogP) is 3.36. The number of benzene rings is 1. The average Bonchev–Trinajstić information content (AvgIpc) is 2.01. The second kappa shape index (κ2) is 4.61.